The van der Waals surface area contributed by atoms with E-state index >= 15 is 0 Å². The van der Waals surface area contributed by atoms with Gasteiger partial charge in [-0.3, -0.25) is 0 Å². The summed E-state index contributed by atoms with van der Waals surface area (Å²) in [6.07, 6.45) is -0.0887. The van der Waals surface area contributed by atoms with Crippen LogP contribution in [-0.2, 0) is 0 Å². The van der Waals surface area contributed by atoms with Crippen LogP contribution < -0.4 is 5.73 Å². The third kappa shape index (κ3) is 2.68. The van der Waals surface area contributed by atoms with Gasteiger partial charge in [0.25, 0.3) is 0 Å². The molecule has 0 aromatic heterocycles. The maximum Gasteiger partial charge on any atom is 0.239 e. The molecule has 1 rings (SSSR count). The van der Waals surface area contributed by atoms with Gasteiger partial charge in [0.1, 0.15) is 0 Å². The molecule has 12 heavy (non-hydrogen) atoms. The lowest BCUT2D eigenvalue weighted by atomic mass is 9.99. The van der Waals surface area contributed by atoms with Gasteiger partial charge in [0.15, 0.2) is 0 Å². The summed E-state index contributed by atoms with van der Waals surface area (Å²) in [5.41, 5.74) is 5.38. The molecular weight excluding hydrogens is 162 g/mol. The lowest BCUT2D eigenvalue weighted by Gasteiger charge is -2.41. The normalized spacial score (nSPS) is 24.5. The Balaban J connectivity index is 2.08. The van der Waals surface area contributed by atoms with Gasteiger partial charge >= 0.3 is 0 Å². The van der Waals surface area contributed by atoms with Gasteiger partial charge in [0, 0.05) is 19.0 Å². The van der Waals surface area contributed by atoms with Gasteiger partial charge < -0.3 is 10.6 Å². The first kappa shape index (κ1) is 9.86. The molecule has 0 amide bonds. The van der Waals surface area contributed by atoms with E-state index in [-0.39, 0.29) is 6.42 Å². The zero-order valence-corrected chi connectivity index (χ0v) is 7.18. The van der Waals surface area contributed by atoms with Gasteiger partial charge in [-0.2, -0.15) is 0 Å². The van der Waals surface area contributed by atoms with Crippen molar-refractivity contribution in [3.63, 3.8) is 0 Å². The van der Waals surface area contributed by atoms with Crippen molar-refractivity contribution >= 4 is 0 Å². The Morgan fingerprint density at radius 2 is 2.25 bits per heavy atom. The van der Waals surface area contributed by atoms with E-state index in [0.29, 0.717) is 19.1 Å². The standard InChI is InChI=1S/C8H16F2N2/c9-8(10)3-6-12-5-2-7(12)1-4-11/h7-8H,1-6,11H2. The van der Waals surface area contributed by atoms with E-state index in [1.54, 1.807) is 0 Å². The molecule has 1 heterocycles. The number of rotatable bonds is 5. The zero-order valence-electron chi connectivity index (χ0n) is 7.18. The maximum atomic E-state index is 11.8. The molecule has 0 bridgehead atoms. The lowest BCUT2D eigenvalue weighted by Crippen LogP contribution is -2.49. The van der Waals surface area contributed by atoms with Crippen LogP contribution in [0.1, 0.15) is 19.3 Å². The summed E-state index contributed by atoms with van der Waals surface area (Å²) in [7, 11) is 0. The van der Waals surface area contributed by atoms with Crippen molar-refractivity contribution in [2.75, 3.05) is 19.6 Å². The van der Waals surface area contributed by atoms with Crippen LogP contribution in [0.2, 0.25) is 0 Å². The van der Waals surface area contributed by atoms with Gasteiger partial charge in [-0.15, -0.1) is 0 Å². The average Bonchev–Trinajstić information content (AvgIpc) is 1.98. The third-order valence-corrected chi connectivity index (χ3v) is 2.40. The minimum atomic E-state index is -2.16. The number of hydrogen-bond acceptors (Lipinski definition) is 2. The van der Waals surface area contributed by atoms with Crippen molar-refractivity contribution in [1.82, 2.24) is 4.90 Å². The number of halogens is 2. The van der Waals surface area contributed by atoms with Crippen molar-refractivity contribution in [3.05, 3.63) is 0 Å². The van der Waals surface area contributed by atoms with E-state index in [9.17, 15) is 8.78 Å². The molecule has 0 saturated carbocycles. The second-order valence-corrected chi connectivity index (χ2v) is 3.24. The summed E-state index contributed by atoms with van der Waals surface area (Å²) in [5, 5.41) is 0. The van der Waals surface area contributed by atoms with Gasteiger partial charge in [-0.25, -0.2) is 8.78 Å². The quantitative estimate of drug-likeness (QED) is 0.682. The van der Waals surface area contributed by atoms with E-state index in [1.165, 1.54) is 0 Å². The van der Waals surface area contributed by atoms with Crippen LogP contribution in [-0.4, -0.2) is 37.0 Å². The fourth-order valence-electron chi connectivity index (χ4n) is 1.57. The van der Waals surface area contributed by atoms with E-state index in [0.717, 1.165) is 19.4 Å². The smallest absolute Gasteiger partial charge is 0.239 e. The topological polar surface area (TPSA) is 29.3 Å². The Kier molecular flexibility index (Phi) is 3.88. The molecule has 1 saturated heterocycles. The Bertz CT molecular complexity index is 130. The molecule has 0 aromatic rings. The monoisotopic (exact) mass is 178 g/mol. The van der Waals surface area contributed by atoms with Gasteiger partial charge in [-0.1, -0.05) is 0 Å². The fraction of sp³-hybridized carbons (Fsp3) is 1.00. The van der Waals surface area contributed by atoms with E-state index in [2.05, 4.69) is 4.90 Å². The molecule has 2 nitrogen and oxygen atoms in total. The molecule has 1 atom stereocenters. The number of likely N-dealkylation sites (tertiary alicyclic amines) is 1. The first-order chi connectivity index (χ1) is 5.74. The van der Waals surface area contributed by atoms with Crippen LogP contribution in [0.3, 0.4) is 0 Å². The predicted molar refractivity (Wildman–Crippen MR) is 44.3 cm³/mol. The van der Waals surface area contributed by atoms with Crippen LogP contribution in [0.4, 0.5) is 8.78 Å². The largest absolute Gasteiger partial charge is 0.330 e. The number of hydrogen-bond donors (Lipinski definition) is 1. The number of nitrogens with two attached hydrogens (primary N) is 1. The summed E-state index contributed by atoms with van der Waals surface area (Å²) < 4.78 is 23.6. The second-order valence-electron chi connectivity index (χ2n) is 3.24. The summed E-state index contributed by atoms with van der Waals surface area (Å²) in [6.45, 7) is 2.16. The Hall–Kier alpha value is -0.220. The molecule has 1 aliphatic rings. The van der Waals surface area contributed by atoms with Crippen molar-refractivity contribution in [1.29, 1.82) is 0 Å². The molecular formula is C8H16F2N2. The van der Waals surface area contributed by atoms with Crippen molar-refractivity contribution in [3.8, 4) is 0 Å². The molecule has 0 radical (unpaired) electrons. The fourth-order valence-corrected chi connectivity index (χ4v) is 1.57. The number of alkyl halides is 2. The predicted octanol–water partition coefficient (Wildman–Crippen LogP) is 1.06. The molecule has 2 N–H and O–H groups in total. The minimum Gasteiger partial charge on any atom is -0.330 e. The molecule has 0 aliphatic carbocycles. The highest BCUT2D eigenvalue weighted by atomic mass is 19.3. The molecule has 4 heteroatoms. The molecule has 1 fully saturated rings. The van der Waals surface area contributed by atoms with Crippen LogP contribution in [0.25, 0.3) is 0 Å². The van der Waals surface area contributed by atoms with Crippen LogP contribution in [0.15, 0.2) is 0 Å². The first-order valence-corrected chi connectivity index (χ1v) is 4.46. The molecule has 0 aromatic carbocycles. The van der Waals surface area contributed by atoms with E-state index in [4.69, 9.17) is 5.73 Å². The highest BCUT2D eigenvalue weighted by Gasteiger charge is 2.26. The first-order valence-electron chi connectivity index (χ1n) is 4.46. The Morgan fingerprint density at radius 3 is 2.67 bits per heavy atom. The Labute approximate surface area is 71.7 Å². The zero-order chi connectivity index (χ0) is 8.97. The minimum absolute atomic E-state index is 0.00106. The molecule has 72 valence electrons. The summed E-state index contributed by atoms with van der Waals surface area (Å²) in [4.78, 5) is 2.10. The van der Waals surface area contributed by atoms with Gasteiger partial charge in [0.2, 0.25) is 6.43 Å². The third-order valence-electron chi connectivity index (χ3n) is 2.40. The Morgan fingerprint density at radius 1 is 1.50 bits per heavy atom. The maximum absolute atomic E-state index is 11.8. The highest BCUT2D eigenvalue weighted by molar-refractivity contribution is 4.82. The van der Waals surface area contributed by atoms with Crippen LogP contribution >= 0.6 is 0 Å². The number of nitrogens with zero attached hydrogens (tertiary/aromatic N) is 1. The molecule has 1 aliphatic heterocycles. The molecule has 1 unspecified atom stereocenters. The summed E-state index contributed by atoms with van der Waals surface area (Å²) in [6, 6.07) is 0.480. The highest BCUT2D eigenvalue weighted by Crippen LogP contribution is 2.20. The van der Waals surface area contributed by atoms with Crippen LogP contribution in [0.5, 0.6) is 0 Å². The van der Waals surface area contributed by atoms with Crippen molar-refractivity contribution in [2.45, 2.75) is 31.7 Å². The lowest BCUT2D eigenvalue weighted by molar-refractivity contribution is 0.0519. The van der Waals surface area contributed by atoms with Gasteiger partial charge in [-0.05, 0) is 25.9 Å². The SMILES string of the molecule is NCCC1CCN1CCC(F)F. The van der Waals surface area contributed by atoms with Crippen molar-refractivity contribution < 1.29 is 8.78 Å². The average molecular weight is 178 g/mol. The van der Waals surface area contributed by atoms with Crippen LogP contribution in [0, 0.1) is 0 Å². The van der Waals surface area contributed by atoms with Gasteiger partial charge in [0.05, 0.1) is 0 Å². The summed E-state index contributed by atoms with van der Waals surface area (Å²) >= 11 is 0. The summed E-state index contributed by atoms with van der Waals surface area (Å²) in [5.74, 6) is 0. The van der Waals surface area contributed by atoms with E-state index in [1.807, 2.05) is 0 Å². The van der Waals surface area contributed by atoms with Crippen molar-refractivity contribution in [2.24, 2.45) is 5.73 Å². The van der Waals surface area contributed by atoms with E-state index < -0.39 is 6.43 Å². The molecule has 0 spiro atoms. The second kappa shape index (κ2) is 4.72.